The highest BCUT2D eigenvalue weighted by molar-refractivity contribution is 9.10. The van der Waals surface area contributed by atoms with Crippen molar-refractivity contribution in [1.82, 2.24) is 4.98 Å². The fourth-order valence-corrected chi connectivity index (χ4v) is 2.86. The Morgan fingerprint density at radius 1 is 1.31 bits per heavy atom. The van der Waals surface area contributed by atoms with Crippen LogP contribution in [0.1, 0.15) is 15.4 Å². The highest BCUT2D eigenvalue weighted by Crippen LogP contribution is 2.20. The smallest absolute Gasteiger partial charge is 0.0897 e. The lowest BCUT2D eigenvalue weighted by Crippen LogP contribution is -1.97. The van der Waals surface area contributed by atoms with E-state index in [1.54, 1.807) is 11.3 Å². The van der Waals surface area contributed by atoms with Gasteiger partial charge in [0, 0.05) is 21.2 Å². The molecule has 0 fully saturated rings. The third kappa shape index (κ3) is 3.06. The van der Waals surface area contributed by atoms with E-state index in [0.29, 0.717) is 0 Å². The van der Waals surface area contributed by atoms with Crippen molar-refractivity contribution in [3.05, 3.63) is 44.3 Å². The minimum absolute atomic E-state index is 0.835. The summed E-state index contributed by atoms with van der Waals surface area (Å²) in [5.41, 5.74) is 2.38. The van der Waals surface area contributed by atoms with Crippen LogP contribution in [-0.2, 0) is 6.54 Å². The molecule has 4 heteroatoms. The van der Waals surface area contributed by atoms with E-state index in [4.69, 9.17) is 0 Å². The van der Waals surface area contributed by atoms with Gasteiger partial charge in [-0.1, -0.05) is 15.9 Å². The zero-order chi connectivity index (χ0) is 11.5. The van der Waals surface area contributed by atoms with Crippen LogP contribution in [0.4, 0.5) is 5.69 Å². The number of benzene rings is 1. The Morgan fingerprint density at radius 2 is 2.12 bits per heavy atom. The largest absolute Gasteiger partial charge is 0.380 e. The van der Waals surface area contributed by atoms with Crippen LogP contribution >= 0.6 is 27.3 Å². The summed E-state index contributed by atoms with van der Waals surface area (Å²) in [5.74, 6) is 0. The van der Waals surface area contributed by atoms with Gasteiger partial charge in [-0.15, -0.1) is 11.3 Å². The number of aromatic nitrogens is 1. The number of nitrogens with zero attached hydrogens (tertiary/aromatic N) is 1. The van der Waals surface area contributed by atoms with Gasteiger partial charge in [0.2, 0.25) is 0 Å². The molecular weight excluding hydrogens is 284 g/mol. The number of anilines is 1. The van der Waals surface area contributed by atoms with Crippen molar-refractivity contribution in [3.63, 3.8) is 0 Å². The second kappa shape index (κ2) is 4.97. The van der Waals surface area contributed by atoms with E-state index >= 15 is 0 Å². The third-order valence-corrected chi connectivity index (χ3v) is 3.55. The van der Waals surface area contributed by atoms with Gasteiger partial charge in [-0.05, 0) is 37.6 Å². The average Bonchev–Trinajstić information content (AvgIpc) is 2.60. The number of nitrogens with one attached hydrogen (secondary N) is 1. The normalized spacial score (nSPS) is 10.4. The van der Waals surface area contributed by atoms with Crippen LogP contribution in [0.25, 0.3) is 0 Å². The molecule has 0 saturated carbocycles. The molecule has 0 amide bonds. The number of rotatable bonds is 3. The summed E-state index contributed by atoms with van der Waals surface area (Å²) < 4.78 is 1.11. The van der Waals surface area contributed by atoms with Crippen LogP contribution in [-0.4, -0.2) is 4.98 Å². The predicted molar refractivity (Wildman–Crippen MR) is 73.1 cm³/mol. The molecule has 16 heavy (non-hydrogen) atoms. The van der Waals surface area contributed by atoms with Gasteiger partial charge < -0.3 is 5.32 Å². The van der Waals surface area contributed by atoms with Crippen molar-refractivity contribution >= 4 is 33.0 Å². The van der Waals surface area contributed by atoms with Gasteiger partial charge in [0.1, 0.15) is 0 Å². The Bertz CT molecular complexity index is 473. The van der Waals surface area contributed by atoms with Crippen molar-refractivity contribution in [1.29, 1.82) is 0 Å². The molecule has 0 unspecified atom stereocenters. The highest BCUT2D eigenvalue weighted by atomic mass is 79.9. The molecule has 1 N–H and O–H groups in total. The molecule has 2 rings (SSSR count). The Labute approximate surface area is 108 Å². The van der Waals surface area contributed by atoms with Gasteiger partial charge in [-0.2, -0.15) is 0 Å². The Hall–Kier alpha value is -0.870. The maximum atomic E-state index is 4.23. The van der Waals surface area contributed by atoms with Gasteiger partial charge in [0.05, 0.1) is 11.6 Å². The van der Waals surface area contributed by atoms with Crippen LogP contribution in [0.2, 0.25) is 0 Å². The Morgan fingerprint density at radius 3 is 2.75 bits per heavy atom. The minimum Gasteiger partial charge on any atom is -0.380 e. The van der Waals surface area contributed by atoms with E-state index in [0.717, 1.165) is 21.7 Å². The molecule has 1 heterocycles. The zero-order valence-electron chi connectivity index (χ0n) is 9.25. The van der Waals surface area contributed by atoms with Crippen LogP contribution < -0.4 is 5.32 Å². The standard InChI is InChI=1S/C12H13BrN2S/c1-8-3-10(13)5-11(4-8)15-7-12-6-14-9(2)16-12/h3-6,15H,7H2,1-2H3. The van der Waals surface area contributed by atoms with Gasteiger partial charge in [0.25, 0.3) is 0 Å². The molecule has 0 bridgehead atoms. The van der Waals surface area contributed by atoms with Gasteiger partial charge in [0.15, 0.2) is 0 Å². The first-order valence-corrected chi connectivity index (χ1v) is 6.67. The van der Waals surface area contributed by atoms with Crippen LogP contribution in [0.3, 0.4) is 0 Å². The highest BCUT2D eigenvalue weighted by Gasteiger charge is 1.99. The van der Waals surface area contributed by atoms with E-state index in [9.17, 15) is 0 Å². The Balaban J connectivity index is 2.04. The number of halogens is 1. The van der Waals surface area contributed by atoms with Crippen LogP contribution in [0.5, 0.6) is 0 Å². The first-order chi connectivity index (χ1) is 7.63. The fraction of sp³-hybridized carbons (Fsp3) is 0.250. The monoisotopic (exact) mass is 296 g/mol. The SMILES string of the molecule is Cc1cc(Br)cc(NCc2cnc(C)s2)c1. The molecule has 0 spiro atoms. The zero-order valence-corrected chi connectivity index (χ0v) is 11.7. The average molecular weight is 297 g/mol. The Kier molecular flexibility index (Phi) is 3.61. The van der Waals surface area contributed by atoms with Gasteiger partial charge >= 0.3 is 0 Å². The quantitative estimate of drug-likeness (QED) is 0.921. The van der Waals surface area contributed by atoms with Crippen molar-refractivity contribution in [2.45, 2.75) is 20.4 Å². The second-order valence-electron chi connectivity index (χ2n) is 3.72. The first-order valence-electron chi connectivity index (χ1n) is 5.06. The lowest BCUT2D eigenvalue weighted by atomic mass is 10.2. The molecule has 1 aromatic carbocycles. The topological polar surface area (TPSA) is 24.9 Å². The molecule has 0 aliphatic heterocycles. The molecule has 0 aliphatic carbocycles. The van der Waals surface area contributed by atoms with E-state index in [2.05, 4.69) is 51.4 Å². The first kappa shape index (κ1) is 11.6. The summed E-state index contributed by atoms with van der Waals surface area (Å²) in [6, 6.07) is 6.32. The maximum Gasteiger partial charge on any atom is 0.0897 e. The summed E-state index contributed by atoms with van der Waals surface area (Å²) in [6.45, 7) is 4.95. The van der Waals surface area contributed by atoms with Crippen molar-refractivity contribution < 1.29 is 0 Å². The van der Waals surface area contributed by atoms with Crippen molar-refractivity contribution in [2.75, 3.05) is 5.32 Å². The van der Waals surface area contributed by atoms with Gasteiger partial charge in [-0.25, -0.2) is 4.98 Å². The van der Waals surface area contributed by atoms with E-state index in [1.807, 2.05) is 13.1 Å². The molecule has 0 atom stereocenters. The van der Waals surface area contributed by atoms with Crippen molar-refractivity contribution in [2.24, 2.45) is 0 Å². The molecule has 0 saturated heterocycles. The lowest BCUT2D eigenvalue weighted by Gasteiger charge is -2.06. The second-order valence-corrected chi connectivity index (χ2v) is 5.95. The molecule has 1 aromatic heterocycles. The summed E-state index contributed by atoms with van der Waals surface area (Å²) in [4.78, 5) is 5.49. The van der Waals surface area contributed by atoms with Crippen molar-refractivity contribution in [3.8, 4) is 0 Å². The lowest BCUT2D eigenvalue weighted by molar-refractivity contribution is 1.16. The molecule has 2 nitrogen and oxygen atoms in total. The summed E-state index contributed by atoms with van der Waals surface area (Å²) >= 11 is 5.22. The molecule has 2 aromatic rings. The molecule has 0 aliphatic rings. The van der Waals surface area contributed by atoms with E-state index in [-0.39, 0.29) is 0 Å². The van der Waals surface area contributed by atoms with E-state index < -0.39 is 0 Å². The summed E-state index contributed by atoms with van der Waals surface area (Å²) in [5, 5.41) is 4.51. The van der Waals surface area contributed by atoms with Gasteiger partial charge in [-0.3, -0.25) is 0 Å². The van der Waals surface area contributed by atoms with E-state index in [1.165, 1.54) is 10.4 Å². The number of hydrogen-bond acceptors (Lipinski definition) is 3. The molecule has 0 radical (unpaired) electrons. The summed E-state index contributed by atoms with van der Waals surface area (Å²) in [7, 11) is 0. The number of aryl methyl sites for hydroxylation is 2. The maximum absolute atomic E-state index is 4.23. The minimum atomic E-state index is 0.835. The number of hydrogen-bond donors (Lipinski definition) is 1. The predicted octanol–water partition coefficient (Wildman–Crippen LogP) is 4.13. The summed E-state index contributed by atoms with van der Waals surface area (Å²) in [6.07, 6.45) is 1.93. The van der Waals surface area contributed by atoms with Crippen LogP contribution in [0, 0.1) is 13.8 Å². The van der Waals surface area contributed by atoms with Crippen LogP contribution in [0.15, 0.2) is 28.9 Å². The number of thiazole rings is 1. The third-order valence-electron chi connectivity index (χ3n) is 2.18. The molecular formula is C12H13BrN2S. The molecule has 84 valence electrons. The fourth-order valence-electron chi connectivity index (χ4n) is 1.51.